The highest BCUT2D eigenvalue weighted by Crippen LogP contribution is 2.40. The quantitative estimate of drug-likeness (QED) is 0.155. The minimum absolute atomic E-state index is 0.0133. The molecule has 6 aromatic rings. The van der Waals surface area contributed by atoms with Crippen molar-refractivity contribution in [3.05, 3.63) is 124 Å². The Labute approximate surface area is 317 Å². The number of benzene rings is 5. The maximum absolute atomic E-state index is 16.2. The molecule has 1 atom stereocenters. The second-order valence-electron chi connectivity index (χ2n) is 13.3. The first kappa shape index (κ1) is 36.0. The van der Waals surface area contributed by atoms with Gasteiger partial charge in [-0.25, -0.2) is 18.2 Å². The zero-order chi connectivity index (χ0) is 39.3. The van der Waals surface area contributed by atoms with Gasteiger partial charge in [-0.3, -0.25) is 33.6 Å². The molecular weight excluding hydrogens is 746 g/mol. The highest BCUT2D eigenvalue weighted by molar-refractivity contribution is 7.92. The molecule has 0 aliphatic carbocycles. The Morgan fingerprint density at radius 2 is 1.61 bits per heavy atom. The van der Waals surface area contributed by atoms with E-state index in [-0.39, 0.29) is 53.1 Å². The van der Waals surface area contributed by atoms with Gasteiger partial charge in [-0.2, -0.15) is 8.42 Å². The highest BCUT2D eigenvalue weighted by atomic mass is 32.2. The second kappa shape index (κ2) is 14.0. The van der Waals surface area contributed by atoms with Gasteiger partial charge in [-0.05, 0) is 78.0 Å². The van der Waals surface area contributed by atoms with Crippen molar-refractivity contribution in [2.75, 3.05) is 21.5 Å². The Morgan fingerprint density at radius 3 is 2.32 bits per heavy atom. The molecule has 17 heteroatoms. The summed E-state index contributed by atoms with van der Waals surface area (Å²) < 4.78 is 52.9. The number of aryl methyl sites for hydroxylation is 1. The van der Waals surface area contributed by atoms with Crippen LogP contribution in [0.5, 0.6) is 5.75 Å². The lowest BCUT2D eigenvalue weighted by atomic mass is 10.0. The molecule has 5 aromatic carbocycles. The third-order valence-corrected chi connectivity index (χ3v) is 11.0. The predicted molar refractivity (Wildman–Crippen MR) is 205 cm³/mol. The number of carbonyl (C=O) groups excluding carboxylic acids is 4. The number of carbonyl (C=O) groups is 4. The number of hydrogen-bond donors (Lipinski definition) is 4. The third kappa shape index (κ3) is 6.68. The number of piperidine rings is 1. The van der Waals surface area contributed by atoms with E-state index in [1.165, 1.54) is 33.4 Å². The van der Waals surface area contributed by atoms with Crippen LogP contribution in [-0.4, -0.2) is 47.7 Å². The fourth-order valence-electron chi connectivity index (χ4n) is 6.87. The number of amides is 4. The van der Waals surface area contributed by atoms with Crippen LogP contribution >= 0.6 is 0 Å². The number of rotatable bonds is 9. The molecule has 0 radical (unpaired) electrons. The standard InChI is InChI=1S/C39H32FN7O8S/c1-45-31-19-27(12-14-29(31)47(39(45)52)30-15-16-33(48)43-38(30)51)41-25-8-10-26(11-9-25)42-37(50)23-7-13-28-24(17-23)18-32(55-21-22-5-3-2-4-6-22)36(35(28)40)46-20-34(49)44-56(46,53)54/h2-14,17-19,30,41H,15-16,20-21H2,1H3,(H,42,50)(H,44,49)(H,43,48,51). The largest absolute Gasteiger partial charge is 0.487 e. The fraction of sp³-hybridized carbons (Fsp3) is 0.154. The molecule has 2 fully saturated rings. The lowest BCUT2D eigenvalue weighted by molar-refractivity contribution is -0.135. The van der Waals surface area contributed by atoms with E-state index in [0.29, 0.717) is 32.4 Å². The molecule has 1 aromatic heterocycles. The van der Waals surface area contributed by atoms with Crippen molar-refractivity contribution in [3.63, 3.8) is 0 Å². The van der Waals surface area contributed by atoms with E-state index in [0.717, 1.165) is 5.56 Å². The minimum atomic E-state index is -4.37. The predicted octanol–water partition coefficient (Wildman–Crippen LogP) is 4.37. The number of nitrogens with one attached hydrogen (secondary N) is 4. The number of nitrogens with zero attached hydrogens (tertiary/aromatic N) is 3. The summed E-state index contributed by atoms with van der Waals surface area (Å²) in [6.07, 6.45) is 0.370. The van der Waals surface area contributed by atoms with Gasteiger partial charge in [0.15, 0.2) is 5.82 Å². The fourth-order valence-corrected chi connectivity index (χ4v) is 8.03. The molecular formula is C39H32FN7O8S. The van der Waals surface area contributed by atoms with Crippen molar-refractivity contribution in [3.8, 4) is 5.75 Å². The van der Waals surface area contributed by atoms with Crippen LogP contribution in [0.15, 0.2) is 102 Å². The van der Waals surface area contributed by atoms with Gasteiger partial charge < -0.3 is 15.4 Å². The molecule has 15 nitrogen and oxygen atoms in total. The van der Waals surface area contributed by atoms with Gasteiger partial charge in [0.2, 0.25) is 11.8 Å². The maximum Gasteiger partial charge on any atom is 0.329 e. The normalized spacial score (nSPS) is 16.5. The van der Waals surface area contributed by atoms with Gasteiger partial charge >= 0.3 is 15.9 Å². The molecule has 0 saturated carbocycles. The molecule has 0 spiro atoms. The summed E-state index contributed by atoms with van der Waals surface area (Å²) in [7, 11) is -2.76. The van der Waals surface area contributed by atoms with E-state index < -0.39 is 52.0 Å². The Bertz CT molecular complexity index is 2790. The zero-order valence-corrected chi connectivity index (χ0v) is 30.4. The summed E-state index contributed by atoms with van der Waals surface area (Å²) in [5.74, 6) is -3.26. The van der Waals surface area contributed by atoms with Crippen LogP contribution in [0, 0.1) is 5.82 Å². The van der Waals surface area contributed by atoms with Crippen LogP contribution in [0.4, 0.5) is 27.1 Å². The number of hydrogen-bond acceptors (Lipinski definition) is 9. The van der Waals surface area contributed by atoms with E-state index in [1.54, 1.807) is 73.8 Å². The minimum Gasteiger partial charge on any atom is -0.487 e. The molecule has 2 aliphatic rings. The second-order valence-corrected chi connectivity index (χ2v) is 14.9. The van der Waals surface area contributed by atoms with Crippen molar-refractivity contribution in [1.29, 1.82) is 0 Å². The van der Waals surface area contributed by atoms with E-state index in [9.17, 15) is 32.4 Å². The average Bonchev–Trinajstić information content (AvgIpc) is 3.59. The summed E-state index contributed by atoms with van der Waals surface area (Å²) in [5.41, 5.74) is 3.06. The van der Waals surface area contributed by atoms with Crippen molar-refractivity contribution in [1.82, 2.24) is 19.2 Å². The van der Waals surface area contributed by atoms with Crippen LogP contribution in [0.2, 0.25) is 0 Å². The molecule has 4 N–H and O–H groups in total. The van der Waals surface area contributed by atoms with Crippen LogP contribution < -0.4 is 35.4 Å². The smallest absolute Gasteiger partial charge is 0.329 e. The van der Waals surface area contributed by atoms with Gasteiger partial charge in [0.25, 0.3) is 11.8 Å². The van der Waals surface area contributed by atoms with Crippen LogP contribution in [-0.2, 0) is 38.2 Å². The lowest BCUT2D eigenvalue weighted by Gasteiger charge is -2.21. The van der Waals surface area contributed by atoms with Crippen LogP contribution in [0.25, 0.3) is 21.8 Å². The molecule has 2 saturated heterocycles. The summed E-state index contributed by atoms with van der Waals surface area (Å²) in [5, 5.41) is 8.67. The van der Waals surface area contributed by atoms with E-state index in [4.69, 9.17) is 4.74 Å². The Kier molecular flexibility index (Phi) is 9.00. The van der Waals surface area contributed by atoms with Gasteiger partial charge in [0.05, 0.1) is 11.0 Å². The number of imide groups is 1. The number of aromatic nitrogens is 2. The summed E-state index contributed by atoms with van der Waals surface area (Å²) in [6, 6.07) is 26.0. The van der Waals surface area contributed by atoms with Gasteiger partial charge in [-0.15, -0.1) is 0 Å². The first-order valence-electron chi connectivity index (χ1n) is 17.4. The van der Waals surface area contributed by atoms with E-state index in [2.05, 4.69) is 16.0 Å². The Balaban J connectivity index is 1.01. The summed E-state index contributed by atoms with van der Waals surface area (Å²) in [6.45, 7) is -0.649. The van der Waals surface area contributed by atoms with Crippen molar-refractivity contribution in [2.45, 2.75) is 25.5 Å². The third-order valence-electron chi connectivity index (χ3n) is 9.63. The van der Waals surface area contributed by atoms with Gasteiger partial charge in [0, 0.05) is 41.5 Å². The zero-order valence-electron chi connectivity index (χ0n) is 29.5. The molecule has 284 valence electrons. The first-order valence-corrected chi connectivity index (χ1v) is 18.8. The van der Waals surface area contributed by atoms with Gasteiger partial charge in [-0.1, -0.05) is 36.4 Å². The Hall–Kier alpha value is -7.01. The van der Waals surface area contributed by atoms with Crippen LogP contribution in [0.3, 0.4) is 0 Å². The lowest BCUT2D eigenvalue weighted by Crippen LogP contribution is -2.44. The Morgan fingerprint density at radius 1 is 0.875 bits per heavy atom. The summed E-state index contributed by atoms with van der Waals surface area (Å²) >= 11 is 0. The summed E-state index contributed by atoms with van der Waals surface area (Å²) in [4.78, 5) is 62.7. The van der Waals surface area contributed by atoms with Crippen molar-refractivity contribution >= 4 is 78.4 Å². The monoisotopic (exact) mass is 777 g/mol. The maximum atomic E-state index is 16.2. The van der Waals surface area contributed by atoms with E-state index >= 15 is 4.39 Å². The molecule has 3 heterocycles. The number of fused-ring (bicyclic) bond motifs is 2. The molecule has 8 rings (SSSR count). The topological polar surface area (TPSA) is 190 Å². The van der Waals surface area contributed by atoms with Gasteiger partial charge in [0.1, 0.15) is 30.6 Å². The number of anilines is 4. The number of halogens is 1. The molecule has 56 heavy (non-hydrogen) atoms. The molecule has 4 amide bonds. The highest BCUT2D eigenvalue weighted by Gasteiger charge is 2.38. The number of ether oxygens (including phenoxy) is 1. The average molecular weight is 778 g/mol. The SMILES string of the molecule is Cn1c(=O)n(C2CCC(=O)NC2=O)c2ccc(Nc3ccc(NC(=O)c4ccc5c(F)c(N6CC(=O)NS6(=O)=O)c(OCc6ccccc6)cc5c4)cc3)cc21. The van der Waals surface area contributed by atoms with Crippen molar-refractivity contribution < 1.29 is 36.7 Å². The number of imidazole rings is 1. The first-order chi connectivity index (χ1) is 26.9. The van der Waals surface area contributed by atoms with Crippen LogP contribution in [0.1, 0.15) is 34.8 Å². The molecule has 2 aliphatic heterocycles. The molecule has 0 bridgehead atoms. The van der Waals surface area contributed by atoms with Crippen molar-refractivity contribution in [2.24, 2.45) is 7.05 Å². The van der Waals surface area contributed by atoms with E-state index in [1.807, 2.05) is 10.8 Å². The molecule has 1 unspecified atom stereocenters.